The molecule has 2 N–H and O–H groups in total. The van der Waals surface area contributed by atoms with Gasteiger partial charge in [0.2, 0.25) is 0 Å². The minimum atomic E-state index is -1.10. The molecule has 18 heavy (non-hydrogen) atoms. The molecule has 0 aliphatic carbocycles. The van der Waals surface area contributed by atoms with Crippen LogP contribution in [0.15, 0.2) is 6.07 Å². The topological polar surface area (TPSA) is 75.1 Å². The van der Waals surface area contributed by atoms with Gasteiger partial charge in [0.15, 0.2) is 10.3 Å². The summed E-state index contributed by atoms with van der Waals surface area (Å²) in [6.45, 7) is 6.61. The monoisotopic (exact) mass is 291 g/mol. The van der Waals surface area contributed by atoms with Gasteiger partial charge in [-0.3, -0.25) is 4.79 Å². The molecule has 0 aliphatic heterocycles. The molecule has 0 saturated carbocycles. The molecule has 0 fully saturated rings. The molecule has 1 rings (SSSR count). The molecule has 1 aromatic heterocycles. The molecule has 0 bridgehead atoms. The Balaban J connectivity index is 3.00. The smallest absolute Gasteiger partial charge is 0.255 e. The highest BCUT2D eigenvalue weighted by Gasteiger charge is 2.36. The van der Waals surface area contributed by atoms with Crippen LogP contribution in [-0.4, -0.2) is 32.4 Å². The molecular weight excluding hydrogens is 277 g/mol. The van der Waals surface area contributed by atoms with E-state index in [9.17, 15) is 9.90 Å². The van der Waals surface area contributed by atoms with Gasteiger partial charge in [-0.1, -0.05) is 23.2 Å². The second-order valence-corrected chi connectivity index (χ2v) is 5.75. The molecule has 1 amide bonds. The van der Waals surface area contributed by atoms with Gasteiger partial charge in [-0.25, -0.2) is 0 Å². The lowest BCUT2D eigenvalue weighted by molar-refractivity contribution is -0.00293. The molecule has 0 spiro atoms. The fourth-order valence-corrected chi connectivity index (χ4v) is 1.34. The summed E-state index contributed by atoms with van der Waals surface area (Å²) in [4.78, 5) is 12.0. The number of carbonyl (C=O) groups is 1. The summed E-state index contributed by atoms with van der Waals surface area (Å²) >= 11 is 11.4. The van der Waals surface area contributed by atoms with Crippen molar-refractivity contribution in [3.63, 3.8) is 0 Å². The van der Waals surface area contributed by atoms with Gasteiger partial charge in [-0.2, -0.15) is 0 Å². The molecule has 1 heterocycles. The van der Waals surface area contributed by atoms with Gasteiger partial charge >= 0.3 is 0 Å². The third kappa shape index (κ3) is 3.31. The highest BCUT2D eigenvalue weighted by atomic mass is 35.5. The summed E-state index contributed by atoms with van der Waals surface area (Å²) in [6, 6.07) is 1.33. The number of aromatic nitrogens is 2. The first-order valence-corrected chi connectivity index (χ1v) is 6.04. The number of rotatable bonds is 3. The molecule has 7 heteroatoms. The maximum absolute atomic E-state index is 12.0. The van der Waals surface area contributed by atoms with Crippen molar-refractivity contribution in [2.24, 2.45) is 0 Å². The van der Waals surface area contributed by atoms with Crippen LogP contribution in [-0.2, 0) is 0 Å². The number of nitrogens with one attached hydrogen (secondary N) is 1. The van der Waals surface area contributed by atoms with Crippen LogP contribution >= 0.6 is 23.2 Å². The minimum Gasteiger partial charge on any atom is -0.388 e. The van der Waals surface area contributed by atoms with E-state index >= 15 is 0 Å². The number of aliphatic hydroxyl groups is 1. The number of carbonyl (C=O) groups excluding carboxylic acids is 1. The zero-order valence-electron chi connectivity index (χ0n) is 10.6. The third-order valence-electron chi connectivity index (χ3n) is 2.92. The van der Waals surface area contributed by atoms with Crippen molar-refractivity contribution in [2.45, 2.75) is 38.8 Å². The van der Waals surface area contributed by atoms with Gasteiger partial charge in [0.1, 0.15) is 0 Å². The maximum atomic E-state index is 12.0. The molecule has 0 aromatic carbocycles. The normalized spacial score (nSPS) is 12.4. The minimum absolute atomic E-state index is 0.0385. The Morgan fingerprint density at radius 2 is 1.83 bits per heavy atom. The van der Waals surface area contributed by atoms with Gasteiger partial charge in [-0.15, -0.1) is 10.2 Å². The lowest BCUT2D eigenvalue weighted by Crippen LogP contribution is -2.57. The molecule has 0 unspecified atom stereocenters. The predicted molar refractivity (Wildman–Crippen MR) is 69.9 cm³/mol. The number of hydrogen-bond acceptors (Lipinski definition) is 4. The average molecular weight is 292 g/mol. The van der Waals surface area contributed by atoms with Gasteiger partial charge in [0.05, 0.1) is 16.7 Å². The van der Waals surface area contributed by atoms with Crippen LogP contribution in [0.2, 0.25) is 10.3 Å². The van der Waals surface area contributed by atoms with Gasteiger partial charge in [0.25, 0.3) is 5.91 Å². The lowest BCUT2D eigenvalue weighted by atomic mass is 9.86. The van der Waals surface area contributed by atoms with Crippen molar-refractivity contribution < 1.29 is 9.90 Å². The second-order valence-electron chi connectivity index (χ2n) is 5.01. The molecule has 5 nitrogen and oxygen atoms in total. The van der Waals surface area contributed by atoms with E-state index in [4.69, 9.17) is 23.2 Å². The van der Waals surface area contributed by atoms with Crippen LogP contribution in [0.4, 0.5) is 0 Å². The van der Waals surface area contributed by atoms with Gasteiger partial charge < -0.3 is 10.4 Å². The largest absolute Gasteiger partial charge is 0.388 e. The Bertz CT molecular complexity index is 470. The van der Waals surface area contributed by atoms with Gasteiger partial charge in [0, 0.05) is 0 Å². The molecule has 100 valence electrons. The van der Waals surface area contributed by atoms with E-state index in [2.05, 4.69) is 15.5 Å². The van der Waals surface area contributed by atoms with E-state index in [0.717, 1.165) is 0 Å². The maximum Gasteiger partial charge on any atom is 0.255 e. The van der Waals surface area contributed by atoms with Crippen molar-refractivity contribution >= 4 is 29.1 Å². The van der Waals surface area contributed by atoms with Crippen molar-refractivity contribution in [3.05, 3.63) is 21.9 Å². The summed E-state index contributed by atoms with van der Waals surface area (Å²) in [5.41, 5.74) is -1.82. The van der Waals surface area contributed by atoms with Crippen LogP contribution < -0.4 is 5.32 Å². The zero-order valence-corrected chi connectivity index (χ0v) is 12.1. The van der Waals surface area contributed by atoms with Crippen molar-refractivity contribution in [1.29, 1.82) is 0 Å². The zero-order chi connectivity index (χ0) is 14.1. The Labute approximate surface area is 116 Å². The molecule has 0 radical (unpaired) electrons. The molecule has 0 aliphatic rings. The van der Waals surface area contributed by atoms with E-state index in [1.165, 1.54) is 6.07 Å². The summed E-state index contributed by atoms with van der Waals surface area (Å²) < 4.78 is 0. The number of halogens is 2. The van der Waals surface area contributed by atoms with E-state index in [1.807, 2.05) is 0 Å². The molecular formula is C11H15Cl2N3O2. The molecule has 0 atom stereocenters. The quantitative estimate of drug-likeness (QED) is 0.894. The van der Waals surface area contributed by atoms with E-state index in [0.29, 0.717) is 0 Å². The summed E-state index contributed by atoms with van der Waals surface area (Å²) in [7, 11) is 0. The van der Waals surface area contributed by atoms with Crippen LogP contribution in [0, 0.1) is 0 Å². The van der Waals surface area contributed by atoms with Gasteiger partial charge in [-0.05, 0) is 33.8 Å². The van der Waals surface area contributed by atoms with E-state index in [-0.39, 0.29) is 15.9 Å². The van der Waals surface area contributed by atoms with E-state index in [1.54, 1.807) is 27.7 Å². The fourth-order valence-electron chi connectivity index (χ4n) is 1.02. The van der Waals surface area contributed by atoms with Crippen LogP contribution in [0.5, 0.6) is 0 Å². The van der Waals surface area contributed by atoms with Crippen molar-refractivity contribution in [2.75, 3.05) is 0 Å². The predicted octanol–water partition coefficient (Wildman–Crippen LogP) is 2.06. The van der Waals surface area contributed by atoms with E-state index < -0.39 is 17.0 Å². The van der Waals surface area contributed by atoms with Crippen LogP contribution in [0.1, 0.15) is 38.1 Å². The first-order chi connectivity index (χ1) is 8.04. The van der Waals surface area contributed by atoms with Crippen molar-refractivity contribution in [3.8, 4) is 0 Å². The summed E-state index contributed by atoms with van der Waals surface area (Å²) in [5.74, 6) is -0.469. The summed E-state index contributed by atoms with van der Waals surface area (Å²) in [6.07, 6.45) is 0. The highest BCUT2D eigenvalue weighted by Crippen LogP contribution is 2.22. The number of hydrogen-bond donors (Lipinski definition) is 2. The first-order valence-electron chi connectivity index (χ1n) is 5.28. The number of nitrogens with zero attached hydrogens (tertiary/aromatic N) is 2. The standard InChI is InChI=1S/C11H15Cl2N3O2/c1-10(2,11(3,4)18)14-9(17)6-5-7(12)15-16-8(6)13/h5,18H,1-4H3,(H,14,17). The molecule has 0 saturated heterocycles. The lowest BCUT2D eigenvalue weighted by Gasteiger charge is -2.38. The van der Waals surface area contributed by atoms with Crippen LogP contribution in [0.25, 0.3) is 0 Å². The SMILES string of the molecule is CC(C)(O)C(C)(C)NC(=O)c1cc(Cl)nnc1Cl. The summed E-state index contributed by atoms with van der Waals surface area (Å²) in [5, 5.41) is 19.8. The number of amides is 1. The Morgan fingerprint density at radius 1 is 1.28 bits per heavy atom. The molecule has 1 aromatic rings. The average Bonchev–Trinajstić information content (AvgIpc) is 2.19. The second kappa shape index (κ2) is 4.99. The third-order valence-corrected chi connectivity index (χ3v) is 3.38. The fraction of sp³-hybridized carbons (Fsp3) is 0.545. The first kappa shape index (κ1) is 15.1. The Kier molecular flexibility index (Phi) is 4.20. The highest BCUT2D eigenvalue weighted by molar-refractivity contribution is 6.34. The Hall–Kier alpha value is -0.910. The Morgan fingerprint density at radius 3 is 2.33 bits per heavy atom. The van der Waals surface area contributed by atoms with Crippen LogP contribution in [0.3, 0.4) is 0 Å². The van der Waals surface area contributed by atoms with Crippen molar-refractivity contribution in [1.82, 2.24) is 15.5 Å².